The summed E-state index contributed by atoms with van der Waals surface area (Å²) in [7, 11) is 0. The first-order valence-corrected chi connectivity index (χ1v) is 10.0. The molecule has 2 aliphatic rings. The third kappa shape index (κ3) is 3.71. The summed E-state index contributed by atoms with van der Waals surface area (Å²) < 4.78 is 11.3. The van der Waals surface area contributed by atoms with Crippen LogP contribution in [-0.4, -0.2) is 53.7 Å². The van der Waals surface area contributed by atoms with E-state index in [2.05, 4.69) is 29.1 Å². The average Bonchev–Trinajstić information content (AvgIpc) is 3.09. The van der Waals surface area contributed by atoms with Crippen LogP contribution in [0.3, 0.4) is 0 Å². The lowest BCUT2D eigenvalue weighted by Gasteiger charge is -2.32. The molecule has 4 rings (SSSR count). The Balaban J connectivity index is 1.51. The lowest BCUT2D eigenvalue weighted by molar-refractivity contribution is -0.129. The molecular formula is C22H29N3O3. The van der Waals surface area contributed by atoms with E-state index in [1.807, 2.05) is 36.9 Å². The summed E-state index contributed by atoms with van der Waals surface area (Å²) in [6, 6.07) is 10.3. The Morgan fingerprint density at radius 1 is 1.21 bits per heavy atom. The van der Waals surface area contributed by atoms with Crippen molar-refractivity contribution >= 4 is 5.91 Å². The molecular weight excluding hydrogens is 354 g/mol. The summed E-state index contributed by atoms with van der Waals surface area (Å²) in [5.74, 6) is 1.10. The SMILES string of the molecule is Cc1noc(C)c1CN1CCOC[C@]2(CC(=O)N([C@@H](C)c3ccccc3)C2)C1. The summed E-state index contributed by atoms with van der Waals surface area (Å²) in [5, 5.41) is 4.08. The first-order valence-electron chi connectivity index (χ1n) is 10.0. The molecule has 2 aliphatic heterocycles. The maximum absolute atomic E-state index is 12.9. The molecule has 0 aliphatic carbocycles. The third-order valence-electron chi connectivity index (χ3n) is 6.18. The van der Waals surface area contributed by atoms with Gasteiger partial charge in [-0.1, -0.05) is 35.5 Å². The highest BCUT2D eigenvalue weighted by molar-refractivity contribution is 5.80. The van der Waals surface area contributed by atoms with E-state index in [0.29, 0.717) is 19.6 Å². The highest BCUT2D eigenvalue weighted by atomic mass is 16.5. The summed E-state index contributed by atoms with van der Waals surface area (Å²) in [4.78, 5) is 17.4. The molecule has 1 spiro atoms. The molecule has 0 radical (unpaired) electrons. The Hall–Kier alpha value is -2.18. The van der Waals surface area contributed by atoms with Gasteiger partial charge in [0.1, 0.15) is 5.76 Å². The second-order valence-corrected chi connectivity index (χ2v) is 8.35. The van der Waals surface area contributed by atoms with Gasteiger partial charge in [0.25, 0.3) is 0 Å². The number of rotatable bonds is 4. The van der Waals surface area contributed by atoms with Crippen LogP contribution >= 0.6 is 0 Å². The molecule has 1 amide bonds. The van der Waals surface area contributed by atoms with Crippen molar-refractivity contribution in [3.63, 3.8) is 0 Å². The van der Waals surface area contributed by atoms with Crippen molar-refractivity contribution in [1.29, 1.82) is 0 Å². The van der Waals surface area contributed by atoms with E-state index in [-0.39, 0.29) is 17.4 Å². The largest absolute Gasteiger partial charge is 0.379 e. The van der Waals surface area contributed by atoms with E-state index < -0.39 is 0 Å². The smallest absolute Gasteiger partial charge is 0.223 e. The van der Waals surface area contributed by atoms with Crippen LogP contribution in [0.25, 0.3) is 0 Å². The maximum Gasteiger partial charge on any atom is 0.223 e. The number of hydrogen-bond donors (Lipinski definition) is 0. The molecule has 3 heterocycles. The van der Waals surface area contributed by atoms with Crippen molar-refractivity contribution in [2.75, 3.05) is 32.8 Å². The van der Waals surface area contributed by atoms with Crippen LogP contribution in [0.5, 0.6) is 0 Å². The number of aryl methyl sites for hydroxylation is 2. The minimum atomic E-state index is -0.157. The molecule has 0 N–H and O–H groups in total. The Labute approximate surface area is 166 Å². The maximum atomic E-state index is 12.9. The second-order valence-electron chi connectivity index (χ2n) is 8.35. The topological polar surface area (TPSA) is 58.8 Å². The minimum absolute atomic E-state index is 0.0762. The lowest BCUT2D eigenvalue weighted by Crippen LogP contribution is -2.41. The summed E-state index contributed by atoms with van der Waals surface area (Å²) in [6.07, 6.45) is 0.544. The number of carbonyl (C=O) groups is 1. The molecule has 150 valence electrons. The van der Waals surface area contributed by atoms with Crippen molar-refractivity contribution in [3.05, 3.63) is 52.9 Å². The predicted octanol–water partition coefficient (Wildman–Crippen LogP) is 3.10. The van der Waals surface area contributed by atoms with Gasteiger partial charge in [0.15, 0.2) is 0 Å². The van der Waals surface area contributed by atoms with Crippen LogP contribution in [-0.2, 0) is 16.1 Å². The first kappa shape index (κ1) is 19.2. The fourth-order valence-corrected chi connectivity index (χ4v) is 4.56. The van der Waals surface area contributed by atoms with E-state index in [4.69, 9.17) is 9.26 Å². The molecule has 2 fully saturated rings. The monoisotopic (exact) mass is 383 g/mol. The van der Waals surface area contributed by atoms with Gasteiger partial charge in [0.05, 0.1) is 24.9 Å². The van der Waals surface area contributed by atoms with Crippen LogP contribution in [0.15, 0.2) is 34.9 Å². The number of likely N-dealkylation sites (tertiary alicyclic amines) is 1. The molecule has 6 heteroatoms. The molecule has 1 aromatic heterocycles. The van der Waals surface area contributed by atoms with Gasteiger partial charge in [-0.05, 0) is 26.3 Å². The highest BCUT2D eigenvalue weighted by Crippen LogP contribution is 2.38. The standard InChI is InChI=1S/C22H29N3O3/c1-16-20(18(3)28-23-16)12-24-9-10-27-15-22(13-24)11-21(26)25(14-22)17(2)19-7-5-4-6-8-19/h4-8,17H,9-15H2,1-3H3/t17-,22+/m0/s1. The van der Waals surface area contributed by atoms with Crippen LogP contribution in [0, 0.1) is 19.3 Å². The molecule has 6 nitrogen and oxygen atoms in total. The third-order valence-corrected chi connectivity index (χ3v) is 6.18. The van der Waals surface area contributed by atoms with Crippen molar-refractivity contribution in [2.24, 2.45) is 5.41 Å². The average molecular weight is 383 g/mol. The van der Waals surface area contributed by atoms with Gasteiger partial charge in [0, 0.05) is 43.6 Å². The number of amides is 1. The van der Waals surface area contributed by atoms with Gasteiger partial charge in [0.2, 0.25) is 5.91 Å². The van der Waals surface area contributed by atoms with Gasteiger partial charge in [-0.3, -0.25) is 9.69 Å². The Bertz CT molecular complexity index is 815. The minimum Gasteiger partial charge on any atom is -0.379 e. The first-order chi connectivity index (χ1) is 13.5. The molecule has 0 saturated carbocycles. The van der Waals surface area contributed by atoms with Gasteiger partial charge < -0.3 is 14.2 Å². The van der Waals surface area contributed by atoms with E-state index in [0.717, 1.165) is 43.2 Å². The van der Waals surface area contributed by atoms with Crippen LogP contribution < -0.4 is 0 Å². The molecule has 2 atom stereocenters. The van der Waals surface area contributed by atoms with Crippen LogP contribution in [0.1, 0.15) is 42.0 Å². The molecule has 28 heavy (non-hydrogen) atoms. The Morgan fingerprint density at radius 3 is 2.71 bits per heavy atom. The fraction of sp³-hybridized carbons (Fsp3) is 0.545. The number of benzene rings is 1. The zero-order valence-corrected chi connectivity index (χ0v) is 17.0. The van der Waals surface area contributed by atoms with Crippen molar-refractivity contribution in [1.82, 2.24) is 15.0 Å². The van der Waals surface area contributed by atoms with Crippen LogP contribution in [0.2, 0.25) is 0 Å². The summed E-state index contributed by atoms with van der Waals surface area (Å²) in [6.45, 7) is 10.6. The van der Waals surface area contributed by atoms with Crippen molar-refractivity contribution in [2.45, 2.75) is 39.8 Å². The molecule has 1 aromatic carbocycles. The molecule has 2 aromatic rings. The van der Waals surface area contributed by atoms with E-state index in [1.54, 1.807) is 0 Å². The Morgan fingerprint density at radius 2 is 2.00 bits per heavy atom. The van der Waals surface area contributed by atoms with Crippen molar-refractivity contribution in [3.8, 4) is 0 Å². The van der Waals surface area contributed by atoms with Gasteiger partial charge >= 0.3 is 0 Å². The van der Waals surface area contributed by atoms with Gasteiger partial charge in [-0.15, -0.1) is 0 Å². The van der Waals surface area contributed by atoms with Gasteiger partial charge in [-0.2, -0.15) is 0 Å². The molecule has 0 bridgehead atoms. The second kappa shape index (κ2) is 7.68. The number of carbonyl (C=O) groups excluding carboxylic acids is 1. The van der Waals surface area contributed by atoms with E-state index in [9.17, 15) is 4.79 Å². The zero-order valence-electron chi connectivity index (χ0n) is 17.0. The number of ether oxygens (including phenoxy) is 1. The number of aromatic nitrogens is 1. The quantitative estimate of drug-likeness (QED) is 0.812. The fourth-order valence-electron chi connectivity index (χ4n) is 4.56. The Kier molecular flexibility index (Phi) is 5.25. The normalized spacial score (nSPS) is 24.7. The van der Waals surface area contributed by atoms with E-state index >= 15 is 0 Å². The van der Waals surface area contributed by atoms with Crippen LogP contribution in [0.4, 0.5) is 0 Å². The zero-order chi connectivity index (χ0) is 19.7. The van der Waals surface area contributed by atoms with E-state index in [1.165, 1.54) is 5.56 Å². The predicted molar refractivity (Wildman–Crippen MR) is 106 cm³/mol. The highest BCUT2D eigenvalue weighted by Gasteiger charge is 2.47. The number of nitrogens with zero attached hydrogens (tertiary/aromatic N) is 3. The van der Waals surface area contributed by atoms with Gasteiger partial charge in [-0.25, -0.2) is 0 Å². The number of hydrogen-bond acceptors (Lipinski definition) is 5. The van der Waals surface area contributed by atoms with Crippen molar-refractivity contribution < 1.29 is 14.1 Å². The lowest BCUT2D eigenvalue weighted by atomic mass is 9.87. The summed E-state index contributed by atoms with van der Waals surface area (Å²) >= 11 is 0. The summed E-state index contributed by atoms with van der Waals surface area (Å²) in [5.41, 5.74) is 3.11. The molecule has 2 saturated heterocycles. The molecule has 0 unspecified atom stereocenters.